The third-order valence-corrected chi connectivity index (χ3v) is 6.43. The van der Waals surface area contributed by atoms with Crippen molar-refractivity contribution in [2.45, 2.75) is 37.0 Å². The van der Waals surface area contributed by atoms with Crippen molar-refractivity contribution in [3.63, 3.8) is 0 Å². The van der Waals surface area contributed by atoms with E-state index in [1.54, 1.807) is 12.1 Å². The van der Waals surface area contributed by atoms with Gasteiger partial charge in [-0.1, -0.05) is 12.1 Å². The lowest BCUT2D eigenvalue weighted by molar-refractivity contribution is -0.135. The molecule has 0 radical (unpaired) electrons. The third kappa shape index (κ3) is 3.11. The Morgan fingerprint density at radius 1 is 1.07 bits per heavy atom. The van der Waals surface area contributed by atoms with E-state index in [1.807, 2.05) is 40.5 Å². The predicted octanol–water partition coefficient (Wildman–Crippen LogP) is 2.77. The van der Waals surface area contributed by atoms with Gasteiger partial charge in [0.2, 0.25) is 5.91 Å². The first kappa shape index (κ1) is 19.0. The van der Waals surface area contributed by atoms with E-state index in [2.05, 4.69) is 15.3 Å². The second-order valence-electron chi connectivity index (χ2n) is 8.57. The molecule has 2 aliphatic rings. The number of amides is 1. The maximum atomic E-state index is 13.3. The lowest BCUT2D eigenvalue weighted by atomic mass is 9.91. The number of hydrogen-bond donors (Lipinski definition) is 0. The molecule has 0 N–H and O–H groups in total. The fourth-order valence-electron chi connectivity index (χ4n) is 4.45. The number of fused-ring (bicyclic) bond motifs is 1. The van der Waals surface area contributed by atoms with Gasteiger partial charge in [0.05, 0.1) is 5.41 Å². The minimum atomic E-state index is -0.454. The summed E-state index contributed by atoms with van der Waals surface area (Å²) < 4.78 is 15.1. The molecule has 1 aliphatic carbocycles. The molecular weight excluding hydrogens is 383 g/mol. The van der Waals surface area contributed by atoms with Gasteiger partial charge in [-0.2, -0.15) is 4.52 Å². The first-order valence-electron chi connectivity index (χ1n) is 10.4. The van der Waals surface area contributed by atoms with Crippen LogP contribution in [-0.4, -0.2) is 57.8 Å². The summed E-state index contributed by atoms with van der Waals surface area (Å²) in [6.45, 7) is 1.38. The first-order valence-corrected chi connectivity index (χ1v) is 10.4. The number of carbonyl (C=O) groups excluding carboxylic acids is 1. The molecule has 1 aliphatic heterocycles. The Hall–Kier alpha value is -3.03. The van der Waals surface area contributed by atoms with Gasteiger partial charge in [0, 0.05) is 33.1 Å². The number of anilines is 1. The summed E-state index contributed by atoms with van der Waals surface area (Å²) in [4.78, 5) is 17.2. The first-order chi connectivity index (χ1) is 14.5. The van der Waals surface area contributed by atoms with Gasteiger partial charge in [0.1, 0.15) is 11.6 Å². The summed E-state index contributed by atoms with van der Waals surface area (Å²) in [5.74, 6) is 1.84. The minimum absolute atomic E-state index is 0.173. The maximum absolute atomic E-state index is 13.3. The molecule has 1 saturated heterocycles. The molecule has 2 fully saturated rings. The van der Waals surface area contributed by atoms with E-state index in [-0.39, 0.29) is 17.6 Å². The number of carbonyl (C=O) groups is 1. The van der Waals surface area contributed by atoms with Crippen molar-refractivity contribution < 1.29 is 9.18 Å². The van der Waals surface area contributed by atoms with Gasteiger partial charge in [-0.25, -0.2) is 4.39 Å². The van der Waals surface area contributed by atoms with Crippen LogP contribution in [0.15, 0.2) is 36.4 Å². The molecular formula is C22H25FN6O. The summed E-state index contributed by atoms with van der Waals surface area (Å²) in [5.41, 5.74) is 1.21. The van der Waals surface area contributed by atoms with Crippen molar-refractivity contribution in [1.29, 1.82) is 0 Å². The Balaban J connectivity index is 1.31. The largest absolute Gasteiger partial charge is 0.361 e. The molecule has 3 aromatic rings. The highest BCUT2D eigenvalue weighted by Crippen LogP contribution is 2.50. The number of benzene rings is 1. The van der Waals surface area contributed by atoms with Crippen molar-refractivity contribution >= 4 is 17.4 Å². The van der Waals surface area contributed by atoms with Crippen molar-refractivity contribution in [2.24, 2.45) is 0 Å². The monoisotopic (exact) mass is 408 g/mol. The van der Waals surface area contributed by atoms with E-state index in [4.69, 9.17) is 0 Å². The normalized spacial score (nSPS) is 18.6. The predicted molar refractivity (Wildman–Crippen MR) is 111 cm³/mol. The topological polar surface area (TPSA) is 66.6 Å². The fourth-order valence-corrected chi connectivity index (χ4v) is 4.45. The van der Waals surface area contributed by atoms with Crippen LogP contribution in [0.25, 0.3) is 5.65 Å². The van der Waals surface area contributed by atoms with Crippen molar-refractivity contribution in [3.8, 4) is 0 Å². The number of aromatic nitrogens is 4. The van der Waals surface area contributed by atoms with E-state index in [0.717, 1.165) is 48.5 Å². The molecule has 8 heteroatoms. The maximum Gasteiger partial charge on any atom is 0.233 e. The number of likely N-dealkylation sites (tertiary alicyclic amines) is 1. The Morgan fingerprint density at radius 3 is 2.40 bits per heavy atom. The molecule has 3 heterocycles. The van der Waals surface area contributed by atoms with E-state index in [9.17, 15) is 9.18 Å². The van der Waals surface area contributed by atoms with Crippen LogP contribution in [-0.2, 0) is 10.2 Å². The Labute approximate surface area is 174 Å². The smallest absolute Gasteiger partial charge is 0.233 e. The molecule has 7 nitrogen and oxygen atoms in total. The summed E-state index contributed by atoms with van der Waals surface area (Å²) in [6.07, 6.45) is 3.34. The molecule has 0 bridgehead atoms. The SMILES string of the molecule is CN(C)c1ccc2nnc(C3CCN(C(=O)C4(c5ccc(F)cc5)CC4)CC3)n2n1. The van der Waals surface area contributed by atoms with E-state index in [1.165, 1.54) is 12.1 Å². The van der Waals surface area contributed by atoms with Crippen molar-refractivity contribution in [1.82, 2.24) is 24.7 Å². The summed E-state index contributed by atoms with van der Waals surface area (Å²) in [6, 6.07) is 10.3. The zero-order valence-electron chi connectivity index (χ0n) is 17.3. The summed E-state index contributed by atoms with van der Waals surface area (Å²) >= 11 is 0. The molecule has 1 amide bonds. The average Bonchev–Trinajstić information content (AvgIpc) is 3.46. The quantitative estimate of drug-likeness (QED) is 0.664. The van der Waals surface area contributed by atoms with Crippen molar-refractivity contribution in [2.75, 3.05) is 32.1 Å². The minimum Gasteiger partial charge on any atom is -0.361 e. The number of halogens is 1. The zero-order chi connectivity index (χ0) is 20.9. The number of hydrogen-bond acceptors (Lipinski definition) is 5. The van der Waals surface area contributed by atoms with Crippen LogP contribution in [0, 0.1) is 5.82 Å². The van der Waals surface area contributed by atoms with Crippen LogP contribution in [0.2, 0.25) is 0 Å². The van der Waals surface area contributed by atoms with E-state index >= 15 is 0 Å². The summed E-state index contributed by atoms with van der Waals surface area (Å²) in [5, 5.41) is 13.3. The van der Waals surface area contributed by atoms with Crippen LogP contribution in [0.4, 0.5) is 10.2 Å². The standard InChI is InChI=1S/C22H25FN6O/c1-27(2)19-8-7-18-24-25-20(29(18)26-19)15-9-13-28(14-10-15)21(30)22(11-12-22)16-3-5-17(23)6-4-16/h3-8,15H,9-14H2,1-2H3. The van der Waals surface area contributed by atoms with Gasteiger partial charge >= 0.3 is 0 Å². The molecule has 30 heavy (non-hydrogen) atoms. The second kappa shape index (κ2) is 7.04. The van der Waals surface area contributed by atoms with Crippen LogP contribution >= 0.6 is 0 Å². The molecule has 156 valence electrons. The summed E-state index contributed by atoms with van der Waals surface area (Å²) in [7, 11) is 3.91. The molecule has 5 rings (SSSR count). The number of rotatable bonds is 4. The van der Waals surface area contributed by atoms with Gasteiger partial charge in [0.25, 0.3) is 0 Å². The number of nitrogens with zero attached hydrogens (tertiary/aromatic N) is 6. The Bertz CT molecular complexity index is 1080. The van der Waals surface area contributed by atoms with Gasteiger partial charge in [-0.15, -0.1) is 15.3 Å². The lowest BCUT2D eigenvalue weighted by Gasteiger charge is -2.34. The fraction of sp³-hybridized carbons (Fsp3) is 0.455. The Kier molecular flexibility index (Phi) is 4.45. The molecule has 0 unspecified atom stereocenters. The zero-order valence-corrected chi connectivity index (χ0v) is 17.3. The van der Waals surface area contributed by atoms with Crippen LogP contribution in [0.5, 0.6) is 0 Å². The van der Waals surface area contributed by atoms with Crippen LogP contribution < -0.4 is 4.90 Å². The van der Waals surface area contributed by atoms with E-state index in [0.29, 0.717) is 13.1 Å². The molecule has 0 spiro atoms. The molecule has 1 saturated carbocycles. The lowest BCUT2D eigenvalue weighted by Crippen LogP contribution is -2.43. The van der Waals surface area contributed by atoms with Gasteiger partial charge in [-0.3, -0.25) is 4.79 Å². The molecule has 2 aromatic heterocycles. The Morgan fingerprint density at radius 2 is 1.77 bits per heavy atom. The highest BCUT2D eigenvalue weighted by Gasteiger charge is 2.53. The van der Waals surface area contributed by atoms with Gasteiger partial charge in [-0.05, 0) is 55.5 Å². The van der Waals surface area contributed by atoms with Gasteiger partial charge in [0.15, 0.2) is 11.5 Å². The van der Waals surface area contributed by atoms with Gasteiger partial charge < -0.3 is 9.80 Å². The van der Waals surface area contributed by atoms with E-state index < -0.39 is 5.41 Å². The second-order valence-corrected chi connectivity index (χ2v) is 8.57. The van der Waals surface area contributed by atoms with Crippen molar-refractivity contribution in [3.05, 3.63) is 53.6 Å². The third-order valence-electron chi connectivity index (χ3n) is 6.43. The number of piperidine rings is 1. The highest BCUT2D eigenvalue weighted by molar-refractivity contribution is 5.91. The highest BCUT2D eigenvalue weighted by atomic mass is 19.1. The van der Waals surface area contributed by atoms with Crippen LogP contribution in [0.1, 0.15) is 43.0 Å². The average molecular weight is 408 g/mol. The molecule has 0 atom stereocenters. The van der Waals surface area contributed by atoms with Crippen LogP contribution in [0.3, 0.4) is 0 Å². The molecule has 1 aromatic carbocycles.